The van der Waals surface area contributed by atoms with Crippen LogP contribution in [0.25, 0.3) is 0 Å². The SMILES string of the molecule is Cc1ccc(COC(c2cccc(I)c2)[C@@H](NC(=O)OC(C)(C)C)C(C)OC(C)(C)C)cc1. The van der Waals surface area contributed by atoms with Crippen molar-refractivity contribution >= 4 is 28.7 Å². The smallest absolute Gasteiger partial charge is 0.408 e. The van der Waals surface area contributed by atoms with Gasteiger partial charge in [0.1, 0.15) is 11.7 Å². The van der Waals surface area contributed by atoms with Gasteiger partial charge in [0.25, 0.3) is 0 Å². The molecule has 2 aromatic rings. The summed E-state index contributed by atoms with van der Waals surface area (Å²) >= 11 is 2.29. The number of aryl methyl sites for hydroxylation is 1. The van der Waals surface area contributed by atoms with E-state index in [-0.39, 0.29) is 11.7 Å². The molecule has 0 heterocycles. The minimum Gasteiger partial charge on any atom is -0.444 e. The predicted octanol–water partition coefficient (Wildman–Crippen LogP) is 6.95. The first-order chi connectivity index (χ1) is 15.2. The zero-order chi connectivity index (χ0) is 24.8. The lowest BCUT2D eigenvalue weighted by Crippen LogP contribution is -2.51. The van der Waals surface area contributed by atoms with E-state index in [0.29, 0.717) is 6.61 Å². The van der Waals surface area contributed by atoms with E-state index in [1.165, 1.54) is 5.56 Å². The van der Waals surface area contributed by atoms with E-state index in [1.807, 2.05) is 66.7 Å². The summed E-state index contributed by atoms with van der Waals surface area (Å²) in [5, 5.41) is 3.05. The highest BCUT2D eigenvalue weighted by molar-refractivity contribution is 14.1. The van der Waals surface area contributed by atoms with Crippen molar-refractivity contribution in [3.63, 3.8) is 0 Å². The number of hydrogen-bond donors (Lipinski definition) is 1. The molecule has 0 aliphatic heterocycles. The highest BCUT2D eigenvalue weighted by Gasteiger charge is 2.35. The fourth-order valence-corrected chi connectivity index (χ4v) is 4.04. The first kappa shape index (κ1) is 27.6. The Morgan fingerprint density at radius 3 is 2.18 bits per heavy atom. The first-order valence-electron chi connectivity index (χ1n) is 11.3. The van der Waals surface area contributed by atoms with Crippen LogP contribution in [0.4, 0.5) is 4.79 Å². The highest BCUT2D eigenvalue weighted by atomic mass is 127. The summed E-state index contributed by atoms with van der Waals surface area (Å²) in [6.07, 6.45) is -1.27. The molecule has 1 N–H and O–H groups in total. The molecular weight excluding hydrogens is 529 g/mol. The Balaban J connectivity index is 2.40. The summed E-state index contributed by atoms with van der Waals surface area (Å²) in [7, 11) is 0. The van der Waals surface area contributed by atoms with Crippen molar-refractivity contribution in [1.29, 1.82) is 0 Å². The van der Waals surface area contributed by atoms with Crippen molar-refractivity contribution in [2.45, 2.75) is 91.4 Å². The standard InChI is InChI=1S/C27H38INO4/c1-18-12-14-20(15-13-18)17-31-24(21-10-9-11-22(28)16-21)23(19(2)32-26(3,4)5)29-25(30)33-27(6,7)8/h9-16,19,23-24H,17H2,1-8H3,(H,29,30)/t19?,23-,24?/m0/s1. The van der Waals surface area contributed by atoms with Crippen LogP contribution in [-0.4, -0.2) is 29.4 Å². The molecule has 0 bridgehead atoms. The second-order valence-electron chi connectivity index (χ2n) is 10.4. The maximum Gasteiger partial charge on any atom is 0.408 e. The number of hydrogen-bond acceptors (Lipinski definition) is 4. The monoisotopic (exact) mass is 567 g/mol. The summed E-state index contributed by atoms with van der Waals surface area (Å²) in [5.41, 5.74) is 2.24. The van der Waals surface area contributed by atoms with Gasteiger partial charge in [-0.3, -0.25) is 0 Å². The quantitative estimate of drug-likeness (QED) is 0.351. The fourth-order valence-electron chi connectivity index (χ4n) is 3.47. The zero-order valence-corrected chi connectivity index (χ0v) is 23.2. The maximum atomic E-state index is 12.8. The first-order valence-corrected chi connectivity index (χ1v) is 12.4. The molecule has 0 fully saturated rings. The second kappa shape index (κ2) is 11.7. The van der Waals surface area contributed by atoms with Gasteiger partial charge < -0.3 is 19.5 Å². The van der Waals surface area contributed by atoms with Crippen LogP contribution in [0.15, 0.2) is 48.5 Å². The Morgan fingerprint density at radius 2 is 1.64 bits per heavy atom. The van der Waals surface area contributed by atoms with Gasteiger partial charge in [-0.1, -0.05) is 42.0 Å². The van der Waals surface area contributed by atoms with Crippen LogP contribution in [-0.2, 0) is 20.8 Å². The van der Waals surface area contributed by atoms with Crippen LogP contribution in [0.3, 0.4) is 0 Å². The average Bonchev–Trinajstić information content (AvgIpc) is 2.66. The van der Waals surface area contributed by atoms with E-state index in [0.717, 1.165) is 14.7 Å². The van der Waals surface area contributed by atoms with Crippen molar-refractivity contribution in [2.24, 2.45) is 0 Å². The Kier molecular flexibility index (Phi) is 9.76. The average molecular weight is 568 g/mol. The number of amides is 1. The number of rotatable bonds is 8. The van der Waals surface area contributed by atoms with E-state index < -0.39 is 23.8 Å². The fraction of sp³-hybridized carbons (Fsp3) is 0.519. The molecule has 1 amide bonds. The van der Waals surface area contributed by atoms with Crippen LogP contribution in [0, 0.1) is 10.5 Å². The van der Waals surface area contributed by atoms with Crippen molar-refractivity contribution < 1.29 is 19.0 Å². The minimum atomic E-state index is -0.608. The molecule has 2 unspecified atom stereocenters. The molecule has 33 heavy (non-hydrogen) atoms. The molecule has 2 aromatic carbocycles. The van der Waals surface area contributed by atoms with Crippen LogP contribution < -0.4 is 5.32 Å². The largest absolute Gasteiger partial charge is 0.444 e. The van der Waals surface area contributed by atoms with Gasteiger partial charge in [0.2, 0.25) is 0 Å². The van der Waals surface area contributed by atoms with Crippen molar-refractivity contribution in [2.75, 3.05) is 0 Å². The summed E-state index contributed by atoms with van der Waals surface area (Å²) in [6.45, 7) is 16.0. The van der Waals surface area contributed by atoms with Gasteiger partial charge in [-0.25, -0.2) is 4.79 Å². The number of alkyl carbamates (subject to hydrolysis) is 1. The summed E-state index contributed by atoms with van der Waals surface area (Å²) in [5.74, 6) is 0. The number of nitrogens with one attached hydrogen (secondary N) is 1. The molecule has 0 aromatic heterocycles. The van der Waals surface area contributed by atoms with Gasteiger partial charge in [-0.15, -0.1) is 0 Å². The van der Waals surface area contributed by atoms with E-state index in [4.69, 9.17) is 14.2 Å². The van der Waals surface area contributed by atoms with E-state index in [9.17, 15) is 4.79 Å². The van der Waals surface area contributed by atoms with Gasteiger partial charge >= 0.3 is 6.09 Å². The van der Waals surface area contributed by atoms with Crippen LogP contribution in [0.2, 0.25) is 0 Å². The van der Waals surface area contributed by atoms with Crippen molar-refractivity contribution in [1.82, 2.24) is 5.32 Å². The van der Waals surface area contributed by atoms with Crippen molar-refractivity contribution in [3.05, 3.63) is 68.8 Å². The Labute approximate surface area is 212 Å². The molecular formula is C27H38INO4. The molecule has 0 radical (unpaired) electrons. The third-order valence-corrected chi connectivity index (χ3v) is 5.45. The Bertz CT molecular complexity index is 900. The van der Waals surface area contributed by atoms with Crippen molar-refractivity contribution in [3.8, 4) is 0 Å². The molecule has 182 valence electrons. The van der Waals surface area contributed by atoms with E-state index >= 15 is 0 Å². The number of carbonyl (C=O) groups excluding carboxylic acids is 1. The molecule has 0 saturated carbocycles. The minimum absolute atomic E-state index is 0.335. The molecule has 3 atom stereocenters. The van der Waals surface area contributed by atoms with Gasteiger partial charge in [-0.2, -0.15) is 0 Å². The van der Waals surface area contributed by atoms with Crippen LogP contribution in [0.1, 0.15) is 71.3 Å². The van der Waals surface area contributed by atoms with Gasteiger partial charge in [0, 0.05) is 3.57 Å². The zero-order valence-electron chi connectivity index (χ0n) is 21.1. The molecule has 0 saturated heterocycles. The lowest BCUT2D eigenvalue weighted by Gasteiger charge is -2.36. The third-order valence-electron chi connectivity index (χ3n) is 4.78. The maximum absolute atomic E-state index is 12.8. The Hall–Kier alpha value is -1.64. The lowest BCUT2D eigenvalue weighted by molar-refractivity contribution is -0.0999. The third kappa shape index (κ3) is 10.0. The van der Waals surface area contributed by atoms with Gasteiger partial charge in [0.05, 0.1) is 24.4 Å². The molecule has 0 aliphatic rings. The van der Waals surface area contributed by atoms with E-state index in [1.54, 1.807) is 0 Å². The highest BCUT2D eigenvalue weighted by Crippen LogP contribution is 2.29. The Morgan fingerprint density at radius 1 is 1.00 bits per heavy atom. The number of halogens is 1. The predicted molar refractivity (Wildman–Crippen MR) is 141 cm³/mol. The van der Waals surface area contributed by atoms with Gasteiger partial charge in [-0.05, 0) is 101 Å². The number of ether oxygens (including phenoxy) is 3. The summed E-state index contributed by atoms with van der Waals surface area (Å²) in [6, 6.07) is 15.9. The molecule has 6 heteroatoms. The molecule has 0 spiro atoms. The lowest BCUT2D eigenvalue weighted by atomic mass is 9.97. The van der Waals surface area contributed by atoms with Crippen LogP contribution in [0.5, 0.6) is 0 Å². The van der Waals surface area contributed by atoms with Gasteiger partial charge in [0.15, 0.2) is 0 Å². The normalized spacial score (nSPS) is 14.9. The number of benzene rings is 2. The van der Waals surface area contributed by atoms with Crippen LogP contribution >= 0.6 is 22.6 Å². The topological polar surface area (TPSA) is 56.8 Å². The molecule has 5 nitrogen and oxygen atoms in total. The molecule has 0 aliphatic carbocycles. The van der Waals surface area contributed by atoms with E-state index in [2.05, 4.69) is 65.2 Å². The summed E-state index contributed by atoms with van der Waals surface area (Å²) < 4.78 is 19.4. The summed E-state index contributed by atoms with van der Waals surface area (Å²) in [4.78, 5) is 12.8. The number of carbonyl (C=O) groups is 1. The second-order valence-corrected chi connectivity index (χ2v) is 11.6. The molecule has 2 rings (SSSR count).